The number of carboxylic acids is 1. The van der Waals surface area contributed by atoms with Crippen LogP contribution in [0.3, 0.4) is 0 Å². The fourth-order valence-corrected chi connectivity index (χ4v) is 1.64. The Morgan fingerprint density at radius 1 is 1.00 bits per heavy atom. The van der Waals surface area contributed by atoms with Crippen LogP contribution in [0.4, 0.5) is 0 Å². The van der Waals surface area contributed by atoms with Crippen LogP contribution in [-0.2, 0) is 4.79 Å². The van der Waals surface area contributed by atoms with Gasteiger partial charge >= 0.3 is 5.97 Å². The third kappa shape index (κ3) is 2.98. The average molecular weight is 240 g/mol. The number of rotatable bonds is 3. The van der Waals surface area contributed by atoms with E-state index in [4.69, 9.17) is 5.11 Å². The lowest BCUT2D eigenvalue weighted by Gasteiger charge is -2.03. The van der Waals surface area contributed by atoms with Gasteiger partial charge in [0.25, 0.3) is 0 Å². The molecule has 0 atom stereocenters. The van der Waals surface area contributed by atoms with E-state index in [1.54, 1.807) is 18.2 Å². The van der Waals surface area contributed by atoms with Crippen molar-refractivity contribution >= 4 is 12.0 Å². The van der Waals surface area contributed by atoms with Gasteiger partial charge in [-0.15, -0.1) is 0 Å². The van der Waals surface area contributed by atoms with Gasteiger partial charge < -0.3 is 10.2 Å². The first kappa shape index (κ1) is 11.9. The third-order valence-corrected chi connectivity index (χ3v) is 2.51. The molecule has 0 heterocycles. The molecule has 18 heavy (non-hydrogen) atoms. The van der Waals surface area contributed by atoms with Crippen molar-refractivity contribution < 1.29 is 15.0 Å². The van der Waals surface area contributed by atoms with Crippen LogP contribution in [0.5, 0.6) is 5.75 Å². The second-order valence-electron chi connectivity index (χ2n) is 3.84. The fourth-order valence-electron chi connectivity index (χ4n) is 1.64. The molecule has 2 aromatic rings. The minimum Gasteiger partial charge on any atom is -0.508 e. The van der Waals surface area contributed by atoms with Gasteiger partial charge in [0.1, 0.15) is 5.75 Å². The van der Waals surface area contributed by atoms with Gasteiger partial charge in [-0.2, -0.15) is 0 Å². The Bertz CT molecular complexity index is 583. The van der Waals surface area contributed by atoms with Crippen molar-refractivity contribution in [3.8, 4) is 16.9 Å². The summed E-state index contributed by atoms with van der Waals surface area (Å²) in [7, 11) is 0. The molecule has 2 aromatic carbocycles. The molecule has 0 radical (unpaired) electrons. The highest BCUT2D eigenvalue weighted by Crippen LogP contribution is 2.23. The Hall–Kier alpha value is -2.55. The van der Waals surface area contributed by atoms with Crippen molar-refractivity contribution in [2.45, 2.75) is 0 Å². The molecule has 0 aliphatic rings. The molecule has 0 aliphatic heterocycles. The number of aliphatic carboxylic acids is 1. The predicted octanol–water partition coefficient (Wildman–Crippen LogP) is 3.16. The smallest absolute Gasteiger partial charge is 0.328 e. The zero-order chi connectivity index (χ0) is 13.0. The third-order valence-electron chi connectivity index (χ3n) is 2.51. The summed E-state index contributed by atoms with van der Waals surface area (Å²) in [6.45, 7) is 0. The Balaban J connectivity index is 2.32. The molecule has 0 fully saturated rings. The van der Waals surface area contributed by atoms with E-state index in [2.05, 4.69) is 0 Å². The first-order valence-corrected chi connectivity index (χ1v) is 5.45. The number of phenols is 1. The number of hydrogen-bond donors (Lipinski definition) is 2. The monoisotopic (exact) mass is 240 g/mol. The van der Waals surface area contributed by atoms with Gasteiger partial charge in [0.15, 0.2) is 0 Å². The lowest BCUT2D eigenvalue weighted by molar-refractivity contribution is -0.131. The largest absolute Gasteiger partial charge is 0.508 e. The molecule has 3 nitrogen and oxygen atoms in total. The van der Waals surface area contributed by atoms with Crippen LogP contribution in [-0.4, -0.2) is 16.2 Å². The molecule has 0 unspecified atom stereocenters. The van der Waals surface area contributed by atoms with Crippen molar-refractivity contribution in [2.24, 2.45) is 0 Å². The molecule has 3 heteroatoms. The van der Waals surface area contributed by atoms with Crippen LogP contribution in [0, 0.1) is 0 Å². The van der Waals surface area contributed by atoms with Gasteiger partial charge in [-0.25, -0.2) is 4.79 Å². The van der Waals surface area contributed by atoms with Gasteiger partial charge in [-0.3, -0.25) is 0 Å². The SMILES string of the molecule is O=C(O)C=Cc1cccc(-c2ccc(O)cc2)c1. The van der Waals surface area contributed by atoms with E-state index in [1.807, 2.05) is 36.4 Å². The van der Waals surface area contributed by atoms with E-state index in [0.29, 0.717) is 0 Å². The minimum absolute atomic E-state index is 0.223. The minimum atomic E-state index is -0.968. The molecule has 0 bridgehead atoms. The first-order valence-electron chi connectivity index (χ1n) is 5.45. The lowest BCUT2D eigenvalue weighted by Crippen LogP contribution is -1.86. The number of phenolic OH excluding ortho intramolecular Hbond substituents is 1. The van der Waals surface area contributed by atoms with Crippen LogP contribution in [0.15, 0.2) is 54.6 Å². The summed E-state index contributed by atoms with van der Waals surface area (Å²) >= 11 is 0. The van der Waals surface area contributed by atoms with E-state index >= 15 is 0 Å². The van der Waals surface area contributed by atoms with Crippen molar-refractivity contribution in [1.29, 1.82) is 0 Å². The molecule has 0 amide bonds. The Morgan fingerprint density at radius 3 is 2.39 bits per heavy atom. The van der Waals surface area contributed by atoms with Gasteiger partial charge in [0, 0.05) is 6.08 Å². The van der Waals surface area contributed by atoms with Gasteiger partial charge in [-0.1, -0.05) is 30.3 Å². The van der Waals surface area contributed by atoms with E-state index in [1.165, 1.54) is 0 Å². The number of carboxylic acid groups (broad SMARTS) is 1. The number of carbonyl (C=O) groups is 1. The molecule has 0 aromatic heterocycles. The van der Waals surface area contributed by atoms with E-state index < -0.39 is 5.97 Å². The number of benzene rings is 2. The zero-order valence-corrected chi connectivity index (χ0v) is 9.58. The molecule has 0 saturated carbocycles. The molecule has 0 aliphatic carbocycles. The molecule has 0 spiro atoms. The fraction of sp³-hybridized carbons (Fsp3) is 0. The van der Waals surface area contributed by atoms with Crippen molar-refractivity contribution in [3.63, 3.8) is 0 Å². The predicted molar refractivity (Wildman–Crippen MR) is 70.2 cm³/mol. The highest BCUT2D eigenvalue weighted by atomic mass is 16.4. The van der Waals surface area contributed by atoms with Crippen molar-refractivity contribution in [2.75, 3.05) is 0 Å². The molecule has 90 valence electrons. The first-order chi connectivity index (χ1) is 8.65. The van der Waals surface area contributed by atoms with Crippen LogP contribution in [0.2, 0.25) is 0 Å². The zero-order valence-electron chi connectivity index (χ0n) is 9.58. The van der Waals surface area contributed by atoms with E-state index in [-0.39, 0.29) is 5.75 Å². The van der Waals surface area contributed by atoms with Crippen molar-refractivity contribution in [3.05, 3.63) is 60.2 Å². The summed E-state index contributed by atoms with van der Waals surface area (Å²) in [6, 6.07) is 14.4. The second-order valence-corrected chi connectivity index (χ2v) is 3.84. The molecule has 0 saturated heterocycles. The van der Waals surface area contributed by atoms with Crippen LogP contribution < -0.4 is 0 Å². The summed E-state index contributed by atoms with van der Waals surface area (Å²) in [4.78, 5) is 10.5. The molecular weight excluding hydrogens is 228 g/mol. The molecular formula is C15H12O3. The highest BCUT2D eigenvalue weighted by Gasteiger charge is 1.98. The van der Waals surface area contributed by atoms with E-state index in [0.717, 1.165) is 22.8 Å². The lowest BCUT2D eigenvalue weighted by atomic mass is 10.0. The molecule has 2 rings (SSSR count). The van der Waals surface area contributed by atoms with E-state index in [9.17, 15) is 9.90 Å². The van der Waals surface area contributed by atoms with Gasteiger partial charge in [-0.05, 0) is 41.0 Å². The summed E-state index contributed by atoms with van der Waals surface area (Å²) in [5.74, 6) is -0.745. The second kappa shape index (κ2) is 5.19. The maximum absolute atomic E-state index is 10.5. The van der Waals surface area contributed by atoms with Crippen molar-refractivity contribution in [1.82, 2.24) is 0 Å². The highest BCUT2D eigenvalue weighted by molar-refractivity contribution is 5.85. The normalized spacial score (nSPS) is 10.7. The van der Waals surface area contributed by atoms with Crippen LogP contribution >= 0.6 is 0 Å². The maximum Gasteiger partial charge on any atom is 0.328 e. The Morgan fingerprint density at radius 2 is 1.72 bits per heavy atom. The molecule has 2 N–H and O–H groups in total. The summed E-state index contributed by atoms with van der Waals surface area (Å²) < 4.78 is 0. The van der Waals surface area contributed by atoms with Crippen LogP contribution in [0.1, 0.15) is 5.56 Å². The quantitative estimate of drug-likeness (QED) is 0.810. The summed E-state index contributed by atoms with van der Waals surface area (Å²) in [6.07, 6.45) is 2.65. The number of aromatic hydroxyl groups is 1. The summed E-state index contributed by atoms with van der Waals surface area (Å²) in [5, 5.41) is 17.8. The van der Waals surface area contributed by atoms with Crippen LogP contribution in [0.25, 0.3) is 17.2 Å². The van der Waals surface area contributed by atoms with Gasteiger partial charge in [0.05, 0.1) is 0 Å². The maximum atomic E-state index is 10.5. The number of hydrogen-bond acceptors (Lipinski definition) is 2. The Kier molecular flexibility index (Phi) is 3.44. The summed E-state index contributed by atoms with van der Waals surface area (Å²) in [5.41, 5.74) is 2.77. The standard InChI is InChI=1S/C15H12O3/c16-14-7-5-12(6-8-14)13-3-1-2-11(10-13)4-9-15(17)18/h1-10,16H,(H,17,18). The average Bonchev–Trinajstić information content (AvgIpc) is 2.37. The topological polar surface area (TPSA) is 57.5 Å². The Labute approximate surface area is 105 Å². The van der Waals surface area contributed by atoms with Gasteiger partial charge in [0.2, 0.25) is 0 Å².